The second-order valence-corrected chi connectivity index (χ2v) is 7.78. The van der Waals surface area contributed by atoms with Gasteiger partial charge in [-0.1, -0.05) is 75.5 Å². The maximum Gasteiger partial charge on any atom is 0.263 e. The van der Waals surface area contributed by atoms with Gasteiger partial charge in [0.2, 0.25) is 0 Å². The van der Waals surface area contributed by atoms with Crippen LogP contribution in [-0.4, -0.2) is 4.57 Å². The summed E-state index contributed by atoms with van der Waals surface area (Å²) in [5.74, 6) is 0.247. The third kappa shape index (κ3) is 3.20. The SMILES string of the molecule is CC1C=CC=c2c3c(c(=O)n(C4=CC=C=CC=C4)c2=C1)C=CC(C)(C)C=C3. The van der Waals surface area contributed by atoms with Crippen LogP contribution in [0.15, 0.2) is 65.2 Å². The quantitative estimate of drug-likeness (QED) is 0.704. The van der Waals surface area contributed by atoms with Crippen molar-refractivity contribution in [2.24, 2.45) is 11.3 Å². The molecule has 0 N–H and O–H groups in total. The maximum absolute atomic E-state index is 13.6. The van der Waals surface area contributed by atoms with E-state index in [4.69, 9.17) is 0 Å². The molecule has 3 aliphatic rings. The number of rotatable bonds is 1. The molecule has 0 saturated heterocycles. The van der Waals surface area contributed by atoms with Gasteiger partial charge in [0.1, 0.15) is 0 Å². The molecule has 1 heterocycles. The average molecular weight is 353 g/mol. The number of hydrogen-bond acceptors (Lipinski definition) is 1. The minimum Gasteiger partial charge on any atom is -0.277 e. The predicted octanol–water partition coefficient (Wildman–Crippen LogP) is 3.80. The largest absolute Gasteiger partial charge is 0.277 e. The zero-order chi connectivity index (χ0) is 19.0. The van der Waals surface area contributed by atoms with Gasteiger partial charge in [-0.2, -0.15) is 0 Å². The van der Waals surface area contributed by atoms with Gasteiger partial charge in [0.15, 0.2) is 0 Å². The van der Waals surface area contributed by atoms with Gasteiger partial charge in [-0.3, -0.25) is 9.36 Å². The standard InChI is InChI=1S/C25H23NO/c1-18-9-8-12-21-20-13-15-25(2,3)16-14-22(20)24(27)26(23(21)17-18)19-10-6-4-5-7-11-19/h4,6-18H,1-3H3. The zero-order valence-electron chi connectivity index (χ0n) is 15.9. The highest BCUT2D eigenvalue weighted by molar-refractivity contribution is 5.72. The Balaban J connectivity index is 2.17. The first-order valence-corrected chi connectivity index (χ1v) is 9.34. The van der Waals surface area contributed by atoms with Crippen molar-refractivity contribution in [1.82, 2.24) is 4.57 Å². The monoisotopic (exact) mass is 353 g/mol. The summed E-state index contributed by atoms with van der Waals surface area (Å²) in [7, 11) is 0. The minimum atomic E-state index is -0.0884. The lowest BCUT2D eigenvalue weighted by atomic mass is 9.93. The second kappa shape index (κ2) is 6.57. The lowest BCUT2D eigenvalue weighted by Gasteiger charge is -2.13. The third-order valence-corrected chi connectivity index (χ3v) is 5.06. The van der Waals surface area contributed by atoms with Crippen LogP contribution < -0.4 is 16.1 Å². The van der Waals surface area contributed by atoms with Crippen molar-refractivity contribution in [3.05, 3.63) is 92.5 Å². The molecule has 1 aromatic heterocycles. The molecule has 0 aliphatic heterocycles. The van der Waals surface area contributed by atoms with E-state index in [9.17, 15) is 4.79 Å². The Bertz CT molecular complexity index is 1200. The van der Waals surface area contributed by atoms with E-state index in [1.54, 1.807) is 0 Å². The smallest absolute Gasteiger partial charge is 0.263 e. The third-order valence-electron chi connectivity index (χ3n) is 5.06. The Kier molecular flexibility index (Phi) is 4.22. The van der Waals surface area contributed by atoms with Crippen molar-refractivity contribution < 1.29 is 0 Å². The van der Waals surface area contributed by atoms with E-state index in [2.05, 4.69) is 69.0 Å². The molecule has 1 unspecified atom stereocenters. The molecule has 0 amide bonds. The molecule has 4 rings (SSSR count). The van der Waals surface area contributed by atoms with Crippen LogP contribution >= 0.6 is 0 Å². The molecular weight excluding hydrogens is 330 g/mol. The summed E-state index contributed by atoms with van der Waals surface area (Å²) in [5, 5.41) is 2.03. The first kappa shape index (κ1) is 17.3. The molecule has 0 saturated carbocycles. The lowest BCUT2D eigenvalue weighted by Crippen LogP contribution is -2.45. The van der Waals surface area contributed by atoms with Crippen molar-refractivity contribution >= 4 is 30.0 Å². The van der Waals surface area contributed by atoms with Crippen molar-refractivity contribution in [2.75, 3.05) is 0 Å². The molecule has 0 spiro atoms. The lowest BCUT2D eigenvalue weighted by molar-refractivity contribution is 0.633. The number of pyridine rings is 1. The van der Waals surface area contributed by atoms with Crippen LogP contribution in [0.25, 0.3) is 30.0 Å². The fourth-order valence-electron chi connectivity index (χ4n) is 3.56. The molecule has 3 aliphatic carbocycles. The Hall–Kier alpha value is -3.09. The van der Waals surface area contributed by atoms with E-state index in [0.717, 1.165) is 27.4 Å². The number of fused-ring (bicyclic) bond motifs is 3. The first-order valence-electron chi connectivity index (χ1n) is 9.34. The number of hydrogen-bond donors (Lipinski definition) is 0. The molecule has 2 heteroatoms. The molecule has 1 atom stereocenters. The second-order valence-electron chi connectivity index (χ2n) is 7.78. The van der Waals surface area contributed by atoms with Crippen LogP contribution in [0.3, 0.4) is 0 Å². The van der Waals surface area contributed by atoms with E-state index in [0.29, 0.717) is 0 Å². The van der Waals surface area contributed by atoms with Gasteiger partial charge in [0.05, 0.1) is 5.35 Å². The number of nitrogens with zero attached hydrogens (tertiary/aromatic N) is 1. The van der Waals surface area contributed by atoms with E-state index < -0.39 is 0 Å². The van der Waals surface area contributed by atoms with Gasteiger partial charge in [-0.05, 0) is 35.8 Å². The minimum absolute atomic E-state index is 0.00676. The van der Waals surface area contributed by atoms with Crippen LogP contribution in [0.4, 0.5) is 0 Å². The molecule has 134 valence electrons. The Labute approximate surface area is 159 Å². The summed E-state index contributed by atoms with van der Waals surface area (Å²) in [6, 6.07) is 0. The highest BCUT2D eigenvalue weighted by atomic mass is 16.1. The topological polar surface area (TPSA) is 22.0 Å². The van der Waals surface area contributed by atoms with Crippen LogP contribution in [0.2, 0.25) is 0 Å². The van der Waals surface area contributed by atoms with Gasteiger partial charge in [0, 0.05) is 21.9 Å². The van der Waals surface area contributed by atoms with Crippen LogP contribution in [0.5, 0.6) is 0 Å². The summed E-state index contributed by atoms with van der Waals surface area (Å²) in [5.41, 5.74) is 5.56. The van der Waals surface area contributed by atoms with Crippen molar-refractivity contribution in [1.29, 1.82) is 0 Å². The predicted molar refractivity (Wildman–Crippen MR) is 115 cm³/mol. The Morgan fingerprint density at radius 1 is 1.00 bits per heavy atom. The Morgan fingerprint density at radius 3 is 2.59 bits per heavy atom. The van der Waals surface area contributed by atoms with E-state index in [-0.39, 0.29) is 16.9 Å². The molecular formula is C25H23NO. The van der Waals surface area contributed by atoms with Crippen molar-refractivity contribution in [3.8, 4) is 0 Å². The fourth-order valence-corrected chi connectivity index (χ4v) is 3.56. The molecule has 0 bridgehead atoms. The van der Waals surface area contributed by atoms with Crippen LogP contribution in [0, 0.1) is 11.3 Å². The number of allylic oxidation sites excluding steroid dienone is 9. The van der Waals surface area contributed by atoms with Gasteiger partial charge in [-0.15, -0.1) is 5.73 Å². The molecule has 2 nitrogen and oxygen atoms in total. The van der Waals surface area contributed by atoms with Gasteiger partial charge >= 0.3 is 0 Å². The normalized spacial score (nSPS) is 21.3. The summed E-state index contributed by atoms with van der Waals surface area (Å²) in [6.45, 7) is 6.43. The van der Waals surface area contributed by atoms with E-state index >= 15 is 0 Å². The van der Waals surface area contributed by atoms with Crippen LogP contribution in [-0.2, 0) is 0 Å². The van der Waals surface area contributed by atoms with Gasteiger partial charge < -0.3 is 0 Å². The number of aromatic nitrogens is 1. The highest BCUT2D eigenvalue weighted by Gasteiger charge is 2.19. The molecule has 1 aromatic rings. The fraction of sp³-hybridized carbons (Fsp3) is 0.200. The van der Waals surface area contributed by atoms with Crippen molar-refractivity contribution in [3.63, 3.8) is 0 Å². The highest BCUT2D eigenvalue weighted by Crippen LogP contribution is 2.25. The van der Waals surface area contributed by atoms with E-state index in [1.807, 2.05) is 41.0 Å². The molecule has 0 fully saturated rings. The summed E-state index contributed by atoms with van der Waals surface area (Å²) in [4.78, 5) is 13.6. The van der Waals surface area contributed by atoms with E-state index in [1.165, 1.54) is 0 Å². The molecule has 0 radical (unpaired) electrons. The van der Waals surface area contributed by atoms with Gasteiger partial charge in [0.25, 0.3) is 5.56 Å². The molecule has 27 heavy (non-hydrogen) atoms. The first-order chi connectivity index (χ1) is 13.0. The van der Waals surface area contributed by atoms with Gasteiger partial charge in [-0.25, -0.2) is 0 Å². The van der Waals surface area contributed by atoms with Crippen LogP contribution in [0.1, 0.15) is 31.9 Å². The maximum atomic E-state index is 13.6. The summed E-state index contributed by atoms with van der Waals surface area (Å²) >= 11 is 0. The molecule has 0 aromatic carbocycles. The average Bonchev–Trinajstić information content (AvgIpc) is 3.04. The van der Waals surface area contributed by atoms with Crippen molar-refractivity contribution in [2.45, 2.75) is 20.8 Å². The Morgan fingerprint density at radius 2 is 1.78 bits per heavy atom. The zero-order valence-corrected chi connectivity index (χ0v) is 15.9. The summed E-state index contributed by atoms with van der Waals surface area (Å²) < 4.78 is 1.83. The summed E-state index contributed by atoms with van der Waals surface area (Å²) in [6.07, 6.45) is 26.4.